The normalized spacial score (nSPS) is 10.4. The summed E-state index contributed by atoms with van der Waals surface area (Å²) in [5, 5.41) is 0.409. The fourth-order valence-electron chi connectivity index (χ4n) is 1.21. The van der Waals surface area contributed by atoms with E-state index in [9.17, 15) is 9.18 Å². The summed E-state index contributed by atoms with van der Waals surface area (Å²) >= 11 is 5.70. The van der Waals surface area contributed by atoms with Crippen molar-refractivity contribution in [2.24, 2.45) is 5.73 Å². The molecule has 3 nitrogen and oxygen atoms in total. The number of ketones is 1. The fraction of sp³-hybridized carbons (Fsp3) is 0.364. The molecule has 0 radical (unpaired) electrons. The molecule has 0 spiro atoms. The van der Waals surface area contributed by atoms with Gasteiger partial charge in [-0.1, -0.05) is 11.6 Å². The van der Waals surface area contributed by atoms with Gasteiger partial charge in [-0.05, 0) is 23.8 Å². The lowest BCUT2D eigenvalue weighted by Gasteiger charge is -2.04. The van der Waals surface area contributed by atoms with Crippen molar-refractivity contribution in [1.82, 2.24) is 0 Å². The third-order valence-electron chi connectivity index (χ3n) is 1.92. The van der Waals surface area contributed by atoms with E-state index < -0.39 is 5.82 Å². The largest absolute Gasteiger partial charge is 0.372 e. The van der Waals surface area contributed by atoms with Gasteiger partial charge in [-0.25, -0.2) is 4.39 Å². The monoisotopic (exact) mass is 245 g/mol. The zero-order chi connectivity index (χ0) is 12.0. The zero-order valence-electron chi connectivity index (χ0n) is 8.71. The average molecular weight is 246 g/mol. The van der Waals surface area contributed by atoms with Crippen molar-refractivity contribution in [1.29, 1.82) is 0 Å². The lowest BCUT2D eigenvalue weighted by molar-refractivity contribution is -0.122. The molecule has 1 rings (SSSR count). The van der Waals surface area contributed by atoms with Crippen LogP contribution in [0.1, 0.15) is 5.56 Å². The van der Waals surface area contributed by atoms with Crippen LogP contribution in [0, 0.1) is 5.82 Å². The number of carbonyl (C=O) groups excluding carboxylic acids is 1. The van der Waals surface area contributed by atoms with Crippen molar-refractivity contribution in [2.45, 2.75) is 6.42 Å². The Labute approximate surface area is 98.3 Å². The molecule has 0 fully saturated rings. The Morgan fingerprint density at radius 3 is 2.94 bits per heavy atom. The van der Waals surface area contributed by atoms with Gasteiger partial charge in [0.05, 0.1) is 6.61 Å². The predicted octanol–water partition coefficient (Wildman–Crippen LogP) is 1.57. The Hall–Kier alpha value is -0.970. The third-order valence-corrected chi connectivity index (χ3v) is 2.16. The number of rotatable bonds is 6. The van der Waals surface area contributed by atoms with E-state index in [-0.39, 0.29) is 24.4 Å². The summed E-state index contributed by atoms with van der Waals surface area (Å²) in [5.41, 5.74) is 5.48. The van der Waals surface area contributed by atoms with Gasteiger partial charge in [-0.3, -0.25) is 4.79 Å². The van der Waals surface area contributed by atoms with Gasteiger partial charge in [-0.15, -0.1) is 0 Å². The molecular formula is C11H13ClFNO2. The minimum Gasteiger partial charge on any atom is -0.372 e. The van der Waals surface area contributed by atoms with Crippen molar-refractivity contribution >= 4 is 17.4 Å². The Balaban J connectivity index is 2.52. The summed E-state index contributed by atoms with van der Waals surface area (Å²) in [6, 6.07) is 4.12. The topological polar surface area (TPSA) is 52.3 Å². The number of hydrogen-bond donors (Lipinski definition) is 1. The molecule has 5 heteroatoms. The molecule has 0 saturated carbocycles. The highest BCUT2D eigenvalue weighted by Gasteiger charge is 2.08. The molecule has 0 heterocycles. The first kappa shape index (κ1) is 13.1. The highest BCUT2D eigenvalue weighted by Crippen LogP contribution is 2.15. The van der Waals surface area contributed by atoms with Crippen LogP contribution < -0.4 is 5.73 Å². The number of hydrogen-bond acceptors (Lipinski definition) is 3. The second-order valence-electron chi connectivity index (χ2n) is 3.29. The van der Waals surface area contributed by atoms with Gasteiger partial charge >= 0.3 is 0 Å². The summed E-state index contributed by atoms with van der Waals surface area (Å²) < 4.78 is 18.2. The standard InChI is InChI=1S/C11H13ClFNO2/c12-9-1-2-11(13)8(5-9)6-10(15)7-16-4-3-14/h1-2,5H,3-4,6-7,14H2. The molecule has 88 valence electrons. The molecular weight excluding hydrogens is 233 g/mol. The van der Waals surface area contributed by atoms with Crippen LogP contribution in [0.4, 0.5) is 4.39 Å². The number of nitrogens with two attached hydrogens (primary N) is 1. The second kappa shape index (κ2) is 6.58. The lowest BCUT2D eigenvalue weighted by Crippen LogP contribution is -2.16. The average Bonchev–Trinajstić information content (AvgIpc) is 2.24. The zero-order valence-corrected chi connectivity index (χ0v) is 9.47. The molecule has 16 heavy (non-hydrogen) atoms. The molecule has 0 aliphatic rings. The van der Waals surface area contributed by atoms with Crippen LogP contribution in [-0.2, 0) is 16.0 Å². The molecule has 0 aliphatic carbocycles. The summed E-state index contributed by atoms with van der Waals surface area (Å²) in [6.45, 7) is 0.631. The van der Waals surface area contributed by atoms with E-state index in [2.05, 4.69) is 0 Å². The highest BCUT2D eigenvalue weighted by molar-refractivity contribution is 6.30. The Bertz CT molecular complexity index is 371. The molecule has 0 saturated heterocycles. The van der Waals surface area contributed by atoms with Gasteiger partial charge in [-0.2, -0.15) is 0 Å². The van der Waals surface area contributed by atoms with Crippen LogP contribution in [0.5, 0.6) is 0 Å². The quantitative estimate of drug-likeness (QED) is 0.774. The second-order valence-corrected chi connectivity index (χ2v) is 3.73. The van der Waals surface area contributed by atoms with Crippen molar-refractivity contribution < 1.29 is 13.9 Å². The number of carbonyl (C=O) groups is 1. The van der Waals surface area contributed by atoms with Gasteiger partial charge in [0.2, 0.25) is 0 Å². The van der Waals surface area contributed by atoms with E-state index >= 15 is 0 Å². The molecule has 0 bridgehead atoms. The predicted molar refractivity (Wildman–Crippen MR) is 60.0 cm³/mol. The highest BCUT2D eigenvalue weighted by atomic mass is 35.5. The third kappa shape index (κ3) is 4.26. The van der Waals surface area contributed by atoms with E-state index in [0.717, 1.165) is 0 Å². The maximum absolute atomic E-state index is 13.2. The van der Waals surface area contributed by atoms with Gasteiger partial charge < -0.3 is 10.5 Å². The van der Waals surface area contributed by atoms with Gasteiger partial charge in [0.25, 0.3) is 0 Å². The number of benzene rings is 1. The number of Topliss-reactive ketones (excluding diaryl/α,β-unsaturated/α-hetero) is 1. The van der Waals surface area contributed by atoms with Crippen molar-refractivity contribution in [3.05, 3.63) is 34.6 Å². The number of ether oxygens (including phenoxy) is 1. The molecule has 1 aromatic carbocycles. The van der Waals surface area contributed by atoms with Gasteiger partial charge in [0.15, 0.2) is 5.78 Å². The summed E-state index contributed by atoms with van der Waals surface area (Å²) in [6.07, 6.45) is -0.0169. The van der Waals surface area contributed by atoms with Gasteiger partial charge in [0.1, 0.15) is 12.4 Å². The molecule has 0 aliphatic heterocycles. The summed E-state index contributed by atoms with van der Waals surface area (Å²) in [7, 11) is 0. The minimum atomic E-state index is -0.434. The van der Waals surface area contributed by atoms with Crippen LogP contribution in [0.25, 0.3) is 0 Å². The Morgan fingerprint density at radius 2 is 2.25 bits per heavy atom. The molecule has 0 aromatic heterocycles. The van der Waals surface area contributed by atoms with E-state index in [1.807, 2.05) is 0 Å². The van der Waals surface area contributed by atoms with Gasteiger partial charge in [0, 0.05) is 18.0 Å². The Morgan fingerprint density at radius 1 is 1.50 bits per heavy atom. The fourth-order valence-corrected chi connectivity index (χ4v) is 1.41. The molecule has 0 atom stereocenters. The molecule has 0 unspecified atom stereocenters. The van der Waals surface area contributed by atoms with E-state index in [0.29, 0.717) is 18.2 Å². The molecule has 2 N–H and O–H groups in total. The number of halogens is 2. The lowest BCUT2D eigenvalue weighted by atomic mass is 10.1. The van der Waals surface area contributed by atoms with E-state index in [4.69, 9.17) is 22.1 Å². The first-order valence-corrected chi connectivity index (χ1v) is 5.24. The maximum Gasteiger partial charge on any atom is 0.162 e. The first-order chi connectivity index (χ1) is 7.63. The van der Waals surface area contributed by atoms with Crippen LogP contribution >= 0.6 is 11.6 Å². The van der Waals surface area contributed by atoms with Crippen molar-refractivity contribution in [3.8, 4) is 0 Å². The van der Waals surface area contributed by atoms with Crippen LogP contribution in [0.15, 0.2) is 18.2 Å². The minimum absolute atomic E-state index is 0.0169. The van der Waals surface area contributed by atoms with Crippen molar-refractivity contribution in [2.75, 3.05) is 19.8 Å². The smallest absolute Gasteiger partial charge is 0.162 e. The summed E-state index contributed by atoms with van der Waals surface area (Å²) in [5.74, 6) is -0.633. The van der Waals surface area contributed by atoms with E-state index in [1.165, 1.54) is 18.2 Å². The van der Waals surface area contributed by atoms with Crippen LogP contribution in [0.2, 0.25) is 5.02 Å². The Kier molecular flexibility index (Phi) is 5.38. The maximum atomic E-state index is 13.2. The SMILES string of the molecule is NCCOCC(=O)Cc1cc(Cl)ccc1F. The molecule has 0 amide bonds. The first-order valence-electron chi connectivity index (χ1n) is 4.87. The summed E-state index contributed by atoms with van der Waals surface area (Å²) in [4.78, 5) is 11.4. The van der Waals surface area contributed by atoms with E-state index in [1.54, 1.807) is 0 Å². The molecule has 1 aromatic rings. The van der Waals surface area contributed by atoms with Crippen LogP contribution in [0.3, 0.4) is 0 Å². The van der Waals surface area contributed by atoms with Crippen molar-refractivity contribution in [3.63, 3.8) is 0 Å². The van der Waals surface area contributed by atoms with Crippen LogP contribution in [-0.4, -0.2) is 25.5 Å².